The fourth-order valence-corrected chi connectivity index (χ4v) is 2.11. The minimum atomic E-state index is -0.573. The van der Waals surface area contributed by atoms with Crippen LogP contribution in [0.3, 0.4) is 0 Å². The van der Waals surface area contributed by atoms with Gasteiger partial charge < -0.3 is 14.9 Å². The van der Waals surface area contributed by atoms with Crippen LogP contribution < -0.4 is 0 Å². The van der Waals surface area contributed by atoms with E-state index in [-0.39, 0.29) is 5.75 Å². The molecule has 3 nitrogen and oxygen atoms in total. The number of aliphatic hydroxyl groups is 1. The van der Waals surface area contributed by atoms with Gasteiger partial charge in [0.25, 0.3) is 0 Å². The first-order valence-corrected chi connectivity index (χ1v) is 6.23. The normalized spacial score (nSPS) is 12.3. The molecule has 0 radical (unpaired) electrons. The van der Waals surface area contributed by atoms with Crippen LogP contribution in [0.1, 0.15) is 22.8 Å². The lowest BCUT2D eigenvalue weighted by Crippen LogP contribution is -2.06. The fraction of sp³-hybridized carbons (Fsp3) is 0.250. The monoisotopic (exact) mass is 258 g/mol. The van der Waals surface area contributed by atoms with E-state index >= 15 is 0 Å². The van der Waals surface area contributed by atoms with Gasteiger partial charge in [0.05, 0.1) is 12.7 Å². The summed E-state index contributed by atoms with van der Waals surface area (Å²) in [7, 11) is 1.64. The maximum absolute atomic E-state index is 10.3. The van der Waals surface area contributed by atoms with E-state index in [0.29, 0.717) is 13.0 Å². The third kappa shape index (κ3) is 3.56. The van der Waals surface area contributed by atoms with E-state index in [0.717, 1.165) is 16.7 Å². The molecule has 0 aliphatic heterocycles. The van der Waals surface area contributed by atoms with Gasteiger partial charge in [-0.3, -0.25) is 0 Å². The van der Waals surface area contributed by atoms with Gasteiger partial charge in [0.15, 0.2) is 0 Å². The Balaban J connectivity index is 2.15. The second kappa shape index (κ2) is 6.36. The van der Waals surface area contributed by atoms with E-state index in [9.17, 15) is 10.2 Å². The van der Waals surface area contributed by atoms with Crippen LogP contribution in [0.25, 0.3) is 0 Å². The average Bonchev–Trinajstić information content (AvgIpc) is 2.42. The fourth-order valence-electron chi connectivity index (χ4n) is 2.11. The van der Waals surface area contributed by atoms with Crippen molar-refractivity contribution in [3.63, 3.8) is 0 Å². The van der Waals surface area contributed by atoms with E-state index in [2.05, 4.69) is 0 Å². The highest BCUT2D eigenvalue weighted by Gasteiger charge is 2.12. The number of methoxy groups -OCH3 is 1. The highest BCUT2D eigenvalue weighted by Crippen LogP contribution is 2.23. The van der Waals surface area contributed by atoms with Gasteiger partial charge in [-0.1, -0.05) is 36.4 Å². The van der Waals surface area contributed by atoms with Gasteiger partial charge in [0.1, 0.15) is 5.75 Å². The lowest BCUT2D eigenvalue weighted by Gasteiger charge is -2.15. The molecule has 2 aromatic carbocycles. The Morgan fingerprint density at radius 2 is 1.74 bits per heavy atom. The summed E-state index contributed by atoms with van der Waals surface area (Å²) in [4.78, 5) is 0. The zero-order valence-electron chi connectivity index (χ0n) is 10.9. The molecule has 1 unspecified atom stereocenters. The first-order chi connectivity index (χ1) is 9.20. The minimum Gasteiger partial charge on any atom is -0.508 e. The zero-order chi connectivity index (χ0) is 13.7. The zero-order valence-corrected chi connectivity index (χ0v) is 10.9. The molecular formula is C16H18O3. The Hall–Kier alpha value is -1.84. The molecule has 19 heavy (non-hydrogen) atoms. The predicted octanol–water partition coefficient (Wildman–Crippen LogP) is 2.81. The topological polar surface area (TPSA) is 49.7 Å². The lowest BCUT2D eigenvalue weighted by molar-refractivity contribution is 0.161. The summed E-state index contributed by atoms with van der Waals surface area (Å²) < 4.78 is 5.14. The number of benzene rings is 2. The molecule has 2 aromatic rings. The smallest absolute Gasteiger partial charge is 0.115 e. The molecule has 2 rings (SSSR count). The van der Waals surface area contributed by atoms with Gasteiger partial charge in [-0.15, -0.1) is 0 Å². The van der Waals surface area contributed by atoms with Crippen LogP contribution in [-0.2, 0) is 17.8 Å². The van der Waals surface area contributed by atoms with Crippen molar-refractivity contribution >= 4 is 0 Å². The van der Waals surface area contributed by atoms with Crippen LogP contribution in [0.5, 0.6) is 5.75 Å². The standard InChI is InChI=1S/C16H18O3/c1-19-11-13-4-2-3-5-15(13)16(18)10-12-6-8-14(17)9-7-12/h2-9,16-18H,10-11H2,1H3. The number of phenols is 1. The maximum Gasteiger partial charge on any atom is 0.115 e. The Labute approximate surface area is 113 Å². The maximum atomic E-state index is 10.3. The summed E-state index contributed by atoms with van der Waals surface area (Å²) in [5, 5.41) is 19.6. The van der Waals surface area contributed by atoms with Gasteiger partial charge in [0.2, 0.25) is 0 Å². The number of hydrogen-bond donors (Lipinski definition) is 2. The van der Waals surface area contributed by atoms with Crippen molar-refractivity contribution < 1.29 is 14.9 Å². The van der Waals surface area contributed by atoms with Crippen LogP contribution in [0.4, 0.5) is 0 Å². The van der Waals surface area contributed by atoms with Gasteiger partial charge in [-0.05, 0) is 28.8 Å². The van der Waals surface area contributed by atoms with Crippen LogP contribution in [0.15, 0.2) is 48.5 Å². The number of phenolic OH excluding ortho intramolecular Hbond substituents is 1. The molecule has 3 heteroatoms. The molecule has 0 bridgehead atoms. The second-order valence-electron chi connectivity index (χ2n) is 4.52. The lowest BCUT2D eigenvalue weighted by atomic mass is 9.97. The largest absolute Gasteiger partial charge is 0.508 e. The summed E-state index contributed by atoms with van der Waals surface area (Å²) >= 11 is 0. The van der Waals surface area contributed by atoms with E-state index in [1.165, 1.54) is 0 Å². The van der Waals surface area contributed by atoms with Crippen molar-refractivity contribution in [3.8, 4) is 5.75 Å². The second-order valence-corrected chi connectivity index (χ2v) is 4.52. The molecule has 100 valence electrons. The Bertz CT molecular complexity index is 520. The summed E-state index contributed by atoms with van der Waals surface area (Å²) in [6.07, 6.45) is -0.0584. The molecular weight excluding hydrogens is 240 g/mol. The van der Waals surface area contributed by atoms with Gasteiger partial charge >= 0.3 is 0 Å². The Morgan fingerprint density at radius 1 is 1.05 bits per heavy atom. The van der Waals surface area contributed by atoms with Crippen molar-refractivity contribution in [1.82, 2.24) is 0 Å². The molecule has 0 spiro atoms. The summed E-state index contributed by atoms with van der Waals surface area (Å²) in [6.45, 7) is 0.489. The summed E-state index contributed by atoms with van der Waals surface area (Å²) in [5.41, 5.74) is 2.87. The van der Waals surface area contributed by atoms with Crippen LogP contribution in [-0.4, -0.2) is 17.3 Å². The predicted molar refractivity (Wildman–Crippen MR) is 73.9 cm³/mol. The first-order valence-electron chi connectivity index (χ1n) is 6.23. The SMILES string of the molecule is COCc1ccccc1C(O)Cc1ccc(O)cc1. The van der Waals surface area contributed by atoms with E-state index < -0.39 is 6.10 Å². The molecule has 0 heterocycles. The number of aliphatic hydroxyl groups excluding tert-OH is 1. The number of hydrogen-bond acceptors (Lipinski definition) is 3. The van der Waals surface area contributed by atoms with Gasteiger partial charge in [0, 0.05) is 13.5 Å². The van der Waals surface area contributed by atoms with Gasteiger partial charge in [-0.25, -0.2) is 0 Å². The third-order valence-electron chi connectivity index (χ3n) is 3.08. The molecule has 0 aliphatic rings. The molecule has 0 aliphatic carbocycles. The van der Waals surface area contributed by atoms with E-state index in [1.54, 1.807) is 19.2 Å². The van der Waals surface area contributed by atoms with Crippen molar-refractivity contribution in [2.24, 2.45) is 0 Å². The van der Waals surface area contributed by atoms with Crippen molar-refractivity contribution in [2.45, 2.75) is 19.1 Å². The molecule has 0 aromatic heterocycles. The van der Waals surface area contributed by atoms with Crippen LogP contribution in [0.2, 0.25) is 0 Å². The molecule has 0 fully saturated rings. The van der Waals surface area contributed by atoms with E-state index in [4.69, 9.17) is 4.74 Å². The minimum absolute atomic E-state index is 0.234. The quantitative estimate of drug-likeness (QED) is 0.867. The number of rotatable bonds is 5. The third-order valence-corrected chi connectivity index (χ3v) is 3.08. The number of ether oxygens (including phenoxy) is 1. The van der Waals surface area contributed by atoms with Crippen molar-refractivity contribution in [1.29, 1.82) is 0 Å². The molecule has 0 saturated carbocycles. The molecule has 0 amide bonds. The van der Waals surface area contributed by atoms with E-state index in [1.807, 2.05) is 36.4 Å². The Morgan fingerprint density at radius 3 is 2.42 bits per heavy atom. The molecule has 0 saturated heterocycles. The highest BCUT2D eigenvalue weighted by atomic mass is 16.5. The molecule has 1 atom stereocenters. The van der Waals surface area contributed by atoms with Crippen LogP contribution in [0, 0.1) is 0 Å². The average molecular weight is 258 g/mol. The molecule has 2 N–H and O–H groups in total. The van der Waals surface area contributed by atoms with Crippen molar-refractivity contribution in [3.05, 3.63) is 65.2 Å². The highest BCUT2D eigenvalue weighted by molar-refractivity contribution is 5.31. The summed E-state index contributed by atoms with van der Waals surface area (Å²) in [5.74, 6) is 0.234. The Kier molecular flexibility index (Phi) is 4.55. The van der Waals surface area contributed by atoms with Crippen molar-refractivity contribution in [2.75, 3.05) is 7.11 Å². The van der Waals surface area contributed by atoms with Crippen LogP contribution >= 0.6 is 0 Å². The number of aromatic hydroxyl groups is 1. The summed E-state index contributed by atoms with van der Waals surface area (Å²) in [6, 6.07) is 14.6. The van der Waals surface area contributed by atoms with Gasteiger partial charge in [-0.2, -0.15) is 0 Å². The first kappa shape index (κ1) is 13.6.